The van der Waals surface area contributed by atoms with Gasteiger partial charge in [-0.25, -0.2) is 4.79 Å². The molecule has 0 atom stereocenters. The number of rotatable bonds is 6. The van der Waals surface area contributed by atoms with E-state index in [9.17, 15) is 9.59 Å². The summed E-state index contributed by atoms with van der Waals surface area (Å²) >= 11 is 0. The third-order valence-electron chi connectivity index (χ3n) is 4.88. The molecule has 0 bridgehead atoms. The van der Waals surface area contributed by atoms with Gasteiger partial charge in [0.05, 0.1) is 0 Å². The van der Waals surface area contributed by atoms with Gasteiger partial charge in [0.1, 0.15) is 5.54 Å². The number of aromatic nitrogens is 2. The molecule has 1 saturated heterocycles. The second-order valence-electron chi connectivity index (χ2n) is 7.36. The maximum Gasteiger partial charge on any atom is 0.319 e. The number of carbonyl (C=O) groups excluding carboxylic acids is 2. The molecule has 8 heteroatoms. The Bertz CT molecular complexity index is 780. The maximum absolute atomic E-state index is 13.0. The van der Waals surface area contributed by atoms with Gasteiger partial charge >= 0.3 is 6.03 Å². The predicted octanol–water partition coefficient (Wildman–Crippen LogP) is 1.81. The molecule has 0 spiro atoms. The van der Waals surface area contributed by atoms with Gasteiger partial charge in [-0.05, 0) is 63.5 Å². The molecule has 1 aromatic carbocycles. The summed E-state index contributed by atoms with van der Waals surface area (Å²) in [4.78, 5) is 24.8. The van der Waals surface area contributed by atoms with Crippen LogP contribution in [0.2, 0.25) is 0 Å². The summed E-state index contributed by atoms with van der Waals surface area (Å²) in [6, 6.07) is 9.14. The molecule has 0 saturated carbocycles. The standard InChI is InChI=1S/C20H28N6O2/c1-15(2)24-19(28)25-17-6-4-16(5-7-17)14-22-18(27)20(8-11-21-12-9-20)26-13-3-10-23-26/h3-7,10,13,15,21H,8-9,11-12,14H2,1-2H3,(H,22,27)(H2,24,25,28). The first kappa shape index (κ1) is 19.9. The lowest BCUT2D eigenvalue weighted by molar-refractivity contribution is -0.132. The van der Waals surface area contributed by atoms with Crippen LogP contribution in [0.5, 0.6) is 0 Å². The lowest BCUT2D eigenvalue weighted by Gasteiger charge is -2.36. The second kappa shape index (κ2) is 8.88. The first-order chi connectivity index (χ1) is 13.5. The molecule has 1 aliphatic rings. The molecule has 2 aromatic rings. The van der Waals surface area contributed by atoms with Gasteiger partial charge in [0.15, 0.2) is 0 Å². The Balaban J connectivity index is 1.60. The summed E-state index contributed by atoms with van der Waals surface area (Å²) in [5.41, 5.74) is 1.03. The van der Waals surface area contributed by atoms with Crippen LogP contribution in [0.4, 0.5) is 10.5 Å². The number of benzene rings is 1. The fraction of sp³-hybridized carbons (Fsp3) is 0.450. The van der Waals surface area contributed by atoms with Gasteiger partial charge in [0.2, 0.25) is 5.91 Å². The molecule has 8 nitrogen and oxygen atoms in total. The Morgan fingerprint density at radius 2 is 1.93 bits per heavy atom. The number of carbonyl (C=O) groups is 2. The van der Waals surface area contributed by atoms with E-state index in [-0.39, 0.29) is 18.0 Å². The van der Waals surface area contributed by atoms with Crippen molar-refractivity contribution in [1.29, 1.82) is 0 Å². The summed E-state index contributed by atoms with van der Waals surface area (Å²) in [7, 11) is 0. The normalized spacial score (nSPS) is 15.8. The molecule has 1 aliphatic heterocycles. The number of anilines is 1. The van der Waals surface area contributed by atoms with Crippen molar-refractivity contribution in [2.45, 2.75) is 44.8 Å². The zero-order chi connectivity index (χ0) is 20.0. The third-order valence-corrected chi connectivity index (χ3v) is 4.88. The molecule has 1 fully saturated rings. The molecule has 3 rings (SSSR count). The van der Waals surface area contributed by atoms with Crippen molar-refractivity contribution in [3.05, 3.63) is 48.3 Å². The van der Waals surface area contributed by atoms with E-state index in [0.717, 1.165) is 18.7 Å². The molecule has 0 radical (unpaired) electrons. The topological polar surface area (TPSA) is 100 Å². The second-order valence-corrected chi connectivity index (χ2v) is 7.36. The molecule has 0 unspecified atom stereocenters. The van der Waals surface area contributed by atoms with Crippen LogP contribution in [-0.2, 0) is 16.9 Å². The highest BCUT2D eigenvalue weighted by Gasteiger charge is 2.41. The minimum absolute atomic E-state index is 0.0174. The lowest BCUT2D eigenvalue weighted by Crippen LogP contribution is -2.54. The number of amides is 3. The van der Waals surface area contributed by atoms with Crippen LogP contribution in [0.3, 0.4) is 0 Å². The number of hydrogen-bond acceptors (Lipinski definition) is 4. The molecule has 150 valence electrons. The van der Waals surface area contributed by atoms with Crippen molar-refractivity contribution in [2.24, 2.45) is 0 Å². The molecule has 0 aliphatic carbocycles. The summed E-state index contributed by atoms with van der Waals surface area (Å²) < 4.78 is 1.78. The van der Waals surface area contributed by atoms with Crippen molar-refractivity contribution >= 4 is 17.6 Å². The highest BCUT2D eigenvalue weighted by Crippen LogP contribution is 2.27. The van der Waals surface area contributed by atoms with E-state index >= 15 is 0 Å². The van der Waals surface area contributed by atoms with E-state index in [1.165, 1.54) is 0 Å². The highest BCUT2D eigenvalue weighted by atomic mass is 16.2. The number of nitrogens with zero attached hydrogens (tertiary/aromatic N) is 2. The van der Waals surface area contributed by atoms with Gasteiger partial charge in [0, 0.05) is 30.7 Å². The van der Waals surface area contributed by atoms with Crippen molar-refractivity contribution in [2.75, 3.05) is 18.4 Å². The Morgan fingerprint density at radius 3 is 2.54 bits per heavy atom. The van der Waals surface area contributed by atoms with Crippen LogP contribution in [0.15, 0.2) is 42.7 Å². The van der Waals surface area contributed by atoms with Gasteiger partial charge < -0.3 is 21.3 Å². The minimum atomic E-state index is -0.648. The smallest absolute Gasteiger partial charge is 0.319 e. The van der Waals surface area contributed by atoms with Crippen molar-refractivity contribution < 1.29 is 9.59 Å². The van der Waals surface area contributed by atoms with Crippen LogP contribution < -0.4 is 21.3 Å². The lowest BCUT2D eigenvalue weighted by atomic mass is 9.87. The van der Waals surface area contributed by atoms with E-state index in [0.29, 0.717) is 25.1 Å². The average Bonchev–Trinajstić information content (AvgIpc) is 3.22. The zero-order valence-corrected chi connectivity index (χ0v) is 16.4. The quantitative estimate of drug-likeness (QED) is 0.610. The molecule has 1 aromatic heterocycles. The Hall–Kier alpha value is -2.87. The Morgan fingerprint density at radius 1 is 1.21 bits per heavy atom. The molecule has 2 heterocycles. The Kier molecular flexibility index (Phi) is 6.30. The van der Waals surface area contributed by atoms with Crippen LogP contribution in [0, 0.1) is 0 Å². The van der Waals surface area contributed by atoms with Crippen molar-refractivity contribution in [3.63, 3.8) is 0 Å². The zero-order valence-electron chi connectivity index (χ0n) is 16.4. The largest absolute Gasteiger partial charge is 0.350 e. The number of nitrogens with one attached hydrogen (secondary N) is 4. The van der Waals surface area contributed by atoms with Crippen LogP contribution in [0.1, 0.15) is 32.3 Å². The molecule has 28 heavy (non-hydrogen) atoms. The molecule has 3 amide bonds. The van der Waals surface area contributed by atoms with E-state index in [2.05, 4.69) is 26.4 Å². The van der Waals surface area contributed by atoms with Crippen molar-refractivity contribution in [3.8, 4) is 0 Å². The van der Waals surface area contributed by atoms with E-state index in [4.69, 9.17) is 0 Å². The first-order valence-corrected chi connectivity index (χ1v) is 9.65. The van der Waals surface area contributed by atoms with E-state index in [1.807, 2.05) is 50.4 Å². The summed E-state index contributed by atoms with van der Waals surface area (Å²) in [6.45, 7) is 5.80. The van der Waals surface area contributed by atoms with Crippen molar-refractivity contribution in [1.82, 2.24) is 25.7 Å². The molecular formula is C20H28N6O2. The monoisotopic (exact) mass is 384 g/mol. The van der Waals surface area contributed by atoms with Gasteiger partial charge in [-0.2, -0.15) is 5.10 Å². The SMILES string of the molecule is CC(C)NC(=O)Nc1ccc(CNC(=O)C2(n3cccn3)CCNCC2)cc1. The summed E-state index contributed by atoms with van der Waals surface area (Å²) in [6.07, 6.45) is 4.97. The van der Waals surface area contributed by atoms with Gasteiger partial charge in [-0.1, -0.05) is 12.1 Å². The van der Waals surface area contributed by atoms with Crippen LogP contribution >= 0.6 is 0 Å². The van der Waals surface area contributed by atoms with Gasteiger partial charge in [-0.15, -0.1) is 0 Å². The number of piperidine rings is 1. The fourth-order valence-corrected chi connectivity index (χ4v) is 3.40. The van der Waals surface area contributed by atoms with Crippen LogP contribution in [0.25, 0.3) is 0 Å². The van der Waals surface area contributed by atoms with Gasteiger partial charge in [0.25, 0.3) is 0 Å². The van der Waals surface area contributed by atoms with Gasteiger partial charge in [-0.3, -0.25) is 9.48 Å². The van der Waals surface area contributed by atoms with E-state index in [1.54, 1.807) is 10.9 Å². The highest BCUT2D eigenvalue weighted by molar-refractivity contribution is 5.89. The van der Waals surface area contributed by atoms with Crippen LogP contribution in [-0.4, -0.2) is 40.9 Å². The molecule has 4 N–H and O–H groups in total. The number of hydrogen-bond donors (Lipinski definition) is 4. The summed E-state index contributed by atoms with van der Waals surface area (Å²) in [5.74, 6) is -0.0174. The minimum Gasteiger partial charge on any atom is -0.350 e. The number of urea groups is 1. The van der Waals surface area contributed by atoms with E-state index < -0.39 is 5.54 Å². The first-order valence-electron chi connectivity index (χ1n) is 9.65. The average molecular weight is 384 g/mol. The maximum atomic E-state index is 13.0. The fourth-order valence-electron chi connectivity index (χ4n) is 3.40. The summed E-state index contributed by atoms with van der Waals surface area (Å²) in [5, 5.41) is 16.3. The predicted molar refractivity (Wildman–Crippen MR) is 108 cm³/mol. The molecular weight excluding hydrogens is 356 g/mol. The Labute approximate surface area is 165 Å². The third kappa shape index (κ3) is 4.69.